The lowest BCUT2D eigenvalue weighted by atomic mass is 10.2. The van der Waals surface area contributed by atoms with Crippen LogP contribution in [0.15, 0.2) is 28.7 Å². The molecule has 0 saturated heterocycles. The standard InChI is InChI=1S/C13H16IN3O/c1-3-11(15-4-2)13-17-16-12(18-13)9-7-5-6-8-10(9)14/h5-8,11,15H,3-4H2,1-2H3. The van der Waals surface area contributed by atoms with Crippen LogP contribution in [0.5, 0.6) is 0 Å². The lowest BCUT2D eigenvalue weighted by molar-refractivity contribution is 0.402. The van der Waals surface area contributed by atoms with E-state index in [0.717, 1.165) is 22.1 Å². The molecule has 18 heavy (non-hydrogen) atoms. The lowest BCUT2D eigenvalue weighted by Crippen LogP contribution is -2.20. The van der Waals surface area contributed by atoms with Crippen molar-refractivity contribution in [3.05, 3.63) is 33.7 Å². The number of nitrogens with zero attached hydrogens (tertiary/aromatic N) is 2. The van der Waals surface area contributed by atoms with Gasteiger partial charge in [-0.3, -0.25) is 0 Å². The van der Waals surface area contributed by atoms with E-state index in [1.165, 1.54) is 0 Å². The highest BCUT2D eigenvalue weighted by Gasteiger charge is 2.17. The van der Waals surface area contributed by atoms with Gasteiger partial charge in [-0.15, -0.1) is 10.2 Å². The first kappa shape index (κ1) is 13.5. The number of hydrogen-bond donors (Lipinski definition) is 1. The summed E-state index contributed by atoms with van der Waals surface area (Å²) < 4.78 is 6.88. The number of hydrogen-bond acceptors (Lipinski definition) is 4. The van der Waals surface area contributed by atoms with Gasteiger partial charge >= 0.3 is 0 Å². The third-order valence-electron chi connectivity index (χ3n) is 2.70. The molecule has 2 aromatic rings. The van der Waals surface area contributed by atoms with Crippen molar-refractivity contribution in [3.8, 4) is 11.5 Å². The molecular formula is C13H16IN3O. The van der Waals surface area contributed by atoms with Crippen LogP contribution in [0, 0.1) is 3.57 Å². The largest absolute Gasteiger partial charge is 0.419 e. The monoisotopic (exact) mass is 357 g/mol. The van der Waals surface area contributed by atoms with Crippen molar-refractivity contribution in [2.75, 3.05) is 6.54 Å². The molecule has 0 spiro atoms. The first-order valence-electron chi connectivity index (χ1n) is 6.08. The van der Waals surface area contributed by atoms with Crippen LogP contribution in [0.4, 0.5) is 0 Å². The summed E-state index contributed by atoms with van der Waals surface area (Å²) in [7, 11) is 0. The van der Waals surface area contributed by atoms with E-state index in [2.05, 4.69) is 52.0 Å². The predicted molar refractivity (Wildman–Crippen MR) is 79.2 cm³/mol. The second kappa shape index (κ2) is 6.29. The van der Waals surface area contributed by atoms with Crippen molar-refractivity contribution in [1.29, 1.82) is 0 Å². The minimum atomic E-state index is 0.137. The van der Waals surface area contributed by atoms with E-state index in [-0.39, 0.29) is 6.04 Å². The summed E-state index contributed by atoms with van der Waals surface area (Å²) in [6, 6.07) is 8.13. The average molecular weight is 357 g/mol. The summed E-state index contributed by atoms with van der Waals surface area (Å²) in [6.45, 7) is 5.06. The van der Waals surface area contributed by atoms with Crippen molar-refractivity contribution >= 4 is 22.6 Å². The van der Waals surface area contributed by atoms with Gasteiger partial charge in [0.05, 0.1) is 11.6 Å². The SMILES string of the molecule is CCNC(CC)c1nnc(-c2ccccc2I)o1. The Morgan fingerprint density at radius 1 is 1.28 bits per heavy atom. The molecule has 0 aliphatic heterocycles. The molecule has 0 bridgehead atoms. The van der Waals surface area contributed by atoms with Gasteiger partial charge in [0.1, 0.15) is 0 Å². The highest BCUT2D eigenvalue weighted by atomic mass is 127. The van der Waals surface area contributed by atoms with E-state index in [1.54, 1.807) is 0 Å². The smallest absolute Gasteiger partial charge is 0.248 e. The molecule has 1 aromatic heterocycles. The molecule has 0 aliphatic rings. The Morgan fingerprint density at radius 2 is 2.06 bits per heavy atom. The van der Waals surface area contributed by atoms with Crippen molar-refractivity contribution in [1.82, 2.24) is 15.5 Å². The van der Waals surface area contributed by atoms with E-state index in [4.69, 9.17) is 4.42 Å². The first-order valence-corrected chi connectivity index (χ1v) is 7.15. The molecule has 0 amide bonds. The highest BCUT2D eigenvalue weighted by molar-refractivity contribution is 14.1. The molecule has 0 saturated carbocycles. The minimum Gasteiger partial charge on any atom is -0.419 e. The molecule has 4 nitrogen and oxygen atoms in total. The van der Waals surface area contributed by atoms with Gasteiger partial charge in [-0.1, -0.05) is 26.0 Å². The van der Waals surface area contributed by atoms with Gasteiger partial charge in [0.25, 0.3) is 0 Å². The van der Waals surface area contributed by atoms with Crippen molar-refractivity contribution < 1.29 is 4.42 Å². The third-order valence-corrected chi connectivity index (χ3v) is 3.64. The van der Waals surface area contributed by atoms with Gasteiger partial charge in [0, 0.05) is 3.57 Å². The van der Waals surface area contributed by atoms with Crippen molar-refractivity contribution in [2.24, 2.45) is 0 Å². The van der Waals surface area contributed by atoms with Crippen LogP contribution < -0.4 is 5.32 Å². The zero-order valence-electron chi connectivity index (χ0n) is 10.5. The van der Waals surface area contributed by atoms with Crippen LogP contribution in [-0.4, -0.2) is 16.7 Å². The molecule has 0 fully saturated rings. The summed E-state index contributed by atoms with van der Waals surface area (Å²) in [6.07, 6.45) is 0.932. The fourth-order valence-corrected chi connectivity index (χ4v) is 2.39. The summed E-state index contributed by atoms with van der Waals surface area (Å²) in [5, 5.41) is 11.6. The number of halogens is 1. The Labute approximate surface area is 120 Å². The van der Waals surface area contributed by atoms with E-state index in [1.807, 2.05) is 24.3 Å². The Morgan fingerprint density at radius 3 is 2.72 bits per heavy atom. The van der Waals surface area contributed by atoms with Crippen LogP contribution in [0.3, 0.4) is 0 Å². The summed E-state index contributed by atoms with van der Waals surface area (Å²) in [5.74, 6) is 1.25. The molecule has 5 heteroatoms. The number of benzene rings is 1. The number of aromatic nitrogens is 2. The van der Waals surface area contributed by atoms with E-state index < -0.39 is 0 Å². The molecular weight excluding hydrogens is 341 g/mol. The highest BCUT2D eigenvalue weighted by Crippen LogP contribution is 2.25. The van der Waals surface area contributed by atoms with Gasteiger partial charge in [-0.25, -0.2) is 0 Å². The second-order valence-electron chi connectivity index (χ2n) is 3.94. The van der Waals surface area contributed by atoms with Crippen LogP contribution >= 0.6 is 22.6 Å². The topological polar surface area (TPSA) is 51.0 Å². The summed E-state index contributed by atoms with van der Waals surface area (Å²) in [4.78, 5) is 0. The predicted octanol–water partition coefficient (Wildman–Crippen LogP) is 3.40. The summed E-state index contributed by atoms with van der Waals surface area (Å²) >= 11 is 2.27. The summed E-state index contributed by atoms with van der Waals surface area (Å²) in [5.41, 5.74) is 0.989. The van der Waals surface area contributed by atoms with Crippen molar-refractivity contribution in [2.45, 2.75) is 26.3 Å². The molecule has 1 unspecified atom stereocenters. The molecule has 0 radical (unpaired) electrons. The molecule has 0 aliphatic carbocycles. The Bertz CT molecular complexity index is 512. The Hall–Kier alpha value is -0.950. The maximum absolute atomic E-state index is 5.77. The Kier molecular flexibility index (Phi) is 4.71. The molecule has 1 atom stereocenters. The van der Waals surface area contributed by atoms with Gasteiger partial charge in [-0.05, 0) is 47.7 Å². The van der Waals surface area contributed by atoms with Crippen LogP contribution in [-0.2, 0) is 0 Å². The zero-order valence-corrected chi connectivity index (χ0v) is 12.6. The lowest BCUT2D eigenvalue weighted by Gasteiger charge is -2.10. The maximum Gasteiger partial charge on any atom is 0.248 e. The third kappa shape index (κ3) is 2.89. The average Bonchev–Trinajstić information content (AvgIpc) is 2.85. The normalized spacial score (nSPS) is 12.6. The molecule has 1 heterocycles. The van der Waals surface area contributed by atoms with Crippen LogP contribution in [0.2, 0.25) is 0 Å². The van der Waals surface area contributed by atoms with Gasteiger partial charge < -0.3 is 9.73 Å². The van der Waals surface area contributed by atoms with Gasteiger partial charge in [0.2, 0.25) is 11.8 Å². The number of rotatable bonds is 5. The first-order chi connectivity index (χ1) is 8.76. The molecule has 2 rings (SSSR count). The quantitative estimate of drug-likeness (QED) is 0.834. The second-order valence-corrected chi connectivity index (χ2v) is 5.11. The fourth-order valence-electron chi connectivity index (χ4n) is 1.77. The molecule has 1 N–H and O–H groups in total. The molecule has 1 aromatic carbocycles. The van der Waals surface area contributed by atoms with Crippen molar-refractivity contribution in [3.63, 3.8) is 0 Å². The zero-order chi connectivity index (χ0) is 13.0. The van der Waals surface area contributed by atoms with E-state index in [0.29, 0.717) is 11.8 Å². The number of nitrogens with one attached hydrogen (secondary N) is 1. The van der Waals surface area contributed by atoms with Crippen LogP contribution in [0.1, 0.15) is 32.2 Å². The Balaban J connectivity index is 2.28. The van der Waals surface area contributed by atoms with Gasteiger partial charge in [0.15, 0.2) is 0 Å². The van der Waals surface area contributed by atoms with E-state index in [9.17, 15) is 0 Å². The van der Waals surface area contributed by atoms with Gasteiger partial charge in [-0.2, -0.15) is 0 Å². The fraction of sp³-hybridized carbons (Fsp3) is 0.385. The molecule has 96 valence electrons. The maximum atomic E-state index is 5.77. The minimum absolute atomic E-state index is 0.137. The van der Waals surface area contributed by atoms with E-state index >= 15 is 0 Å². The van der Waals surface area contributed by atoms with Crippen LogP contribution in [0.25, 0.3) is 11.5 Å².